The van der Waals surface area contributed by atoms with Crippen LogP contribution in [0.3, 0.4) is 0 Å². The minimum Gasteiger partial charge on any atom is -0.452 e. The molecule has 1 saturated carbocycles. The van der Waals surface area contributed by atoms with Crippen LogP contribution in [-0.4, -0.2) is 52.9 Å². The highest BCUT2D eigenvalue weighted by atomic mass is 32.2. The summed E-state index contributed by atoms with van der Waals surface area (Å²) in [4.78, 5) is 48.7. The number of hydrogen-bond acceptors (Lipinski definition) is 7. The topological polar surface area (TPSA) is 137 Å². The number of rotatable bonds is 6. The highest BCUT2D eigenvalue weighted by Gasteiger charge is 2.53. The Kier molecular flexibility index (Phi) is 6.70. The monoisotopic (exact) mass is 532 g/mol. The molecular formula is C25H32N4O7S. The van der Waals surface area contributed by atoms with Crippen molar-refractivity contribution in [2.75, 3.05) is 18.5 Å². The zero-order chi connectivity index (χ0) is 27.3. The summed E-state index contributed by atoms with van der Waals surface area (Å²) < 4.78 is 35.7. The van der Waals surface area contributed by atoms with Crippen molar-refractivity contribution >= 4 is 27.7 Å². The quantitative estimate of drug-likeness (QED) is 0.556. The van der Waals surface area contributed by atoms with E-state index in [1.165, 1.54) is 38.4 Å². The summed E-state index contributed by atoms with van der Waals surface area (Å²) in [7, 11) is -1.15. The maximum atomic E-state index is 13.5. The number of nitrogens with one attached hydrogen (secondary N) is 1. The molecule has 2 unspecified atom stereocenters. The first-order valence-electron chi connectivity index (χ1n) is 12.0. The Morgan fingerprint density at radius 1 is 1.08 bits per heavy atom. The van der Waals surface area contributed by atoms with Crippen LogP contribution in [0.2, 0.25) is 0 Å². The lowest BCUT2D eigenvalue weighted by atomic mass is 9.65. The SMILES string of the molecule is Cn1c(NC(=O)COC(=O)c2cccc(S(=O)(=O)N3CC4(C)CC3CC(C)(C)C4)c2)cc(=O)n(C)c1=O. The van der Waals surface area contributed by atoms with Crippen molar-refractivity contribution in [1.29, 1.82) is 0 Å². The Morgan fingerprint density at radius 2 is 1.78 bits per heavy atom. The van der Waals surface area contributed by atoms with E-state index in [-0.39, 0.29) is 33.1 Å². The lowest BCUT2D eigenvalue weighted by Gasteiger charge is -2.39. The molecule has 0 radical (unpaired) electrons. The van der Waals surface area contributed by atoms with E-state index in [9.17, 15) is 27.6 Å². The summed E-state index contributed by atoms with van der Waals surface area (Å²) in [5, 5.41) is 2.36. The van der Waals surface area contributed by atoms with E-state index in [2.05, 4.69) is 26.1 Å². The molecule has 1 aliphatic heterocycles. The Hall–Kier alpha value is -3.25. The van der Waals surface area contributed by atoms with Crippen molar-refractivity contribution in [3.63, 3.8) is 0 Å². The number of fused-ring (bicyclic) bond motifs is 2. The molecule has 1 N–H and O–H groups in total. The summed E-state index contributed by atoms with van der Waals surface area (Å²) in [5.41, 5.74) is -1.28. The molecule has 37 heavy (non-hydrogen) atoms. The molecule has 2 aromatic rings. The first-order valence-corrected chi connectivity index (χ1v) is 13.4. The van der Waals surface area contributed by atoms with Crippen molar-refractivity contribution in [3.8, 4) is 0 Å². The van der Waals surface area contributed by atoms with Crippen molar-refractivity contribution in [2.45, 2.75) is 51.0 Å². The number of carbonyl (C=O) groups is 2. The average Bonchev–Trinajstić information content (AvgIpc) is 3.08. The summed E-state index contributed by atoms with van der Waals surface area (Å²) in [6.45, 7) is 6.19. The molecule has 1 aliphatic carbocycles. The number of nitrogens with zero attached hydrogens (tertiary/aromatic N) is 3. The Balaban J connectivity index is 1.45. The van der Waals surface area contributed by atoms with Gasteiger partial charge in [-0.3, -0.25) is 18.7 Å². The standard InChI is InChI=1S/C25H32N4O7S/c1-24(2)11-17-12-25(3,14-24)15-29(17)37(34,35)18-8-6-7-16(9-18)22(32)36-13-20(30)26-19-10-21(31)28(5)23(33)27(19)4/h6-10,17H,11-15H2,1-5H3,(H,26,30). The van der Waals surface area contributed by atoms with Crippen LogP contribution in [0.1, 0.15) is 50.4 Å². The van der Waals surface area contributed by atoms with Gasteiger partial charge in [-0.05, 0) is 48.3 Å². The number of benzene rings is 1. The van der Waals surface area contributed by atoms with Crippen LogP contribution in [0.25, 0.3) is 0 Å². The van der Waals surface area contributed by atoms with E-state index in [1.54, 1.807) is 4.31 Å². The summed E-state index contributed by atoms with van der Waals surface area (Å²) >= 11 is 0. The molecule has 11 nitrogen and oxygen atoms in total. The number of ether oxygens (including phenoxy) is 1. The largest absolute Gasteiger partial charge is 0.452 e. The van der Waals surface area contributed by atoms with Gasteiger partial charge in [-0.1, -0.05) is 26.8 Å². The van der Waals surface area contributed by atoms with E-state index in [0.717, 1.165) is 34.5 Å². The first kappa shape index (κ1) is 26.8. The predicted octanol–water partition coefficient (Wildman–Crippen LogP) is 1.47. The van der Waals surface area contributed by atoms with E-state index in [0.29, 0.717) is 6.54 Å². The van der Waals surface area contributed by atoms with Gasteiger partial charge in [-0.2, -0.15) is 4.31 Å². The highest BCUT2D eigenvalue weighted by molar-refractivity contribution is 7.89. The van der Waals surface area contributed by atoms with E-state index in [4.69, 9.17) is 4.74 Å². The number of anilines is 1. The van der Waals surface area contributed by atoms with Crippen LogP contribution in [-0.2, 0) is 33.7 Å². The van der Waals surface area contributed by atoms with Gasteiger partial charge in [0.25, 0.3) is 11.5 Å². The first-order chi connectivity index (χ1) is 17.1. The van der Waals surface area contributed by atoms with E-state index < -0.39 is 39.8 Å². The van der Waals surface area contributed by atoms with Crippen molar-refractivity contribution in [3.05, 3.63) is 56.7 Å². The number of sulfonamides is 1. The number of esters is 1. The van der Waals surface area contributed by atoms with Crippen LogP contribution >= 0.6 is 0 Å². The van der Waals surface area contributed by atoms with Gasteiger partial charge in [0.15, 0.2) is 6.61 Å². The fourth-order valence-corrected chi connectivity index (χ4v) is 7.67. The summed E-state index contributed by atoms with van der Waals surface area (Å²) in [6.07, 6.45) is 2.53. The second kappa shape index (κ2) is 9.25. The van der Waals surface area contributed by atoms with Crippen molar-refractivity contribution < 1.29 is 22.7 Å². The van der Waals surface area contributed by atoms with Gasteiger partial charge < -0.3 is 10.1 Å². The van der Waals surface area contributed by atoms with Gasteiger partial charge in [0.2, 0.25) is 10.0 Å². The average molecular weight is 533 g/mol. The van der Waals surface area contributed by atoms with Gasteiger partial charge in [0, 0.05) is 32.7 Å². The molecule has 1 aromatic carbocycles. The third-order valence-corrected chi connectivity index (χ3v) is 9.07. The van der Waals surface area contributed by atoms with Gasteiger partial charge >= 0.3 is 11.7 Å². The fourth-order valence-electron chi connectivity index (χ4n) is 5.85. The minimum absolute atomic E-state index is 0.00418. The molecular weight excluding hydrogens is 500 g/mol. The summed E-state index contributed by atoms with van der Waals surface area (Å²) in [5.74, 6) is -1.69. The van der Waals surface area contributed by atoms with E-state index >= 15 is 0 Å². The Morgan fingerprint density at radius 3 is 2.49 bits per heavy atom. The van der Waals surface area contributed by atoms with Crippen LogP contribution in [0.5, 0.6) is 0 Å². The van der Waals surface area contributed by atoms with Crippen LogP contribution in [0.4, 0.5) is 5.82 Å². The van der Waals surface area contributed by atoms with Crippen molar-refractivity contribution in [1.82, 2.24) is 13.4 Å². The lowest BCUT2D eigenvalue weighted by molar-refractivity contribution is -0.119. The zero-order valence-corrected chi connectivity index (χ0v) is 22.4. The molecule has 1 aromatic heterocycles. The number of amides is 1. The fraction of sp³-hybridized carbons (Fsp3) is 0.520. The van der Waals surface area contributed by atoms with Crippen molar-refractivity contribution in [2.24, 2.45) is 24.9 Å². The van der Waals surface area contributed by atoms with E-state index in [1.807, 2.05) is 0 Å². The van der Waals surface area contributed by atoms with Gasteiger partial charge in [-0.25, -0.2) is 18.0 Å². The molecule has 2 heterocycles. The molecule has 200 valence electrons. The lowest BCUT2D eigenvalue weighted by Crippen LogP contribution is -2.38. The Labute approximate surface area is 215 Å². The summed E-state index contributed by atoms with van der Waals surface area (Å²) in [6, 6.07) is 6.57. The van der Waals surface area contributed by atoms with Crippen LogP contribution < -0.4 is 16.6 Å². The molecule has 2 fully saturated rings. The zero-order valence-electron chi connectivity index (χ0n) is 21.6. The molecule has 2 bridgehead atoms. The third kappa shape index (κ3) is 5.26. The molecule has 1 amide bonds. The van der Waals surface area contributed by atoms with Crippen LogP contribution in [0.15, 0.2) is 44.8 Å². The molecule has 1 saturated heterocycles. The smallest absolute Gasteiger partial charge is 0.338 e. The van der Waals surface area contributed by atoms with Gasteiger partial charge in [-0.15, -0.1) is 0 Å². The van der Waals surface area contributed by atoms with Gasteiger partial charge in [0.05, 0.1) is 10.5 Å². The molecule has 12 heteroatoms. The molecule has 2 aliphatic rings. The maximum Gasteiger partial charge on any atom is 0.338 e. The maximum absolute atomic E-state index is 13.5. The molecule has 2 atom stereocenters. The Bertz CT molecular complexity index is 1490. The predicted molar refractivity (Wildman–Crippen MR) is 136 cm³/mol. The normalized spacial score (nSPS) is 23.0. The van der Waals surface area contributed by atoms with Crippen LogP contribution in [0, 0.1) is 10.8 Å². The highest BCUT2D eigenvalue weighted by Crippen LogP contribution is 2.53. The third-order valence-electron chi connectivity index (χ3n) is 7.17. The number of aromatic nitrogens is 2. The minimum atomic E-state index is -3.84. The molecule has 0 spiro atoms. The number of carbonyl (C=O) groups excluding carboxylic acids is 2. The second-order valence-electron chi connectivity index (χ2n) is 11.2. The molecule has 4 rings (SSSR count). The van der Waals surface area contributed by atoms with Gasteiger partial charge in [0.1, 0.15) is 5.82 Å². The number of hydrogen-bond donors (Lipinski definition) is 1. The second-order valence-corrected chi connectivity index (χ2v) is 13.1.